The van der Waals surface area contributed by atoms with Gasteiger partial charge in [0.2, 0.25) is 12.7 Å². The Bertz CT molecular complexity index is 1280. The second-order valence-corrected chi connectivity index (χ2v) is 7.97. The molecule has 0 fully saturated rings. The third-order valence-corrected chi connectivity index (χ3v) is 5.80. The number of rotatable bonds is 6. The van der Waals surface area contributed by atoms with Crippen LogP contribution in [0.25, 0.3) is 22.2 Å². The average Bonchev–Trinajstić information content (AvgIpc) is 3.42. The molecule has 1 N–H and O–H groups in total. The highest BCUT2D eigenvalue weighted by Crippen LogP contribution is 2.33. The van der Waals surface area contributed by atoms with Crippen molar-refractivity contribution in [3.05, 3.63) is 83.7 Å². The second kappa shape index (κ2) is 8.38. The fraction of sp³-hybridized carbons (Fsp3) is 0.192. The van der Waals surface area contributed by atoms with Crippen molar-refractivity contribution in [3.63, 3.8) is 0 Å². The highest BCUT2D eigenvalue weighted by atomic mass is 19.1. The van der Waals surface area contributed by atoms with Crippen LogP contribution in [-0.2, 0) is 17.8 Å². The van der Waals surface area contributed by atoms with Crippen molar-refractivity contribution in [3.8, 4) is 22.8 Å². The molecule has 5 rings (SSSR count). The van der Waals surface area contributed by atoms with Crippen LogP contribution in [0.3, 0.4) is 0 Å². The van der Waals surface area contributed by atoms with Gasteiger partial charge in [0.05, 0.1) is 0 Å². The number of nitrogens with one attached hydrogen (secondary N) is 1. The maximum atomic E-state index is 14.0. The lowest BCUT2D eigenvalue weighted by Crippen LogP contribution is -2.26. The number of hydrogen-bond donors (Lipinski definition) is 1. The van der Waals surface area contributed by atoms with Crippen LogP contribution in [0, 0.1) is 5.82 Å². The minimum Gasteiger partial charge on any atom is -0.454 e. The van der Waals surface area contributed by atoms with Gasteiger partial charge in [-0.25, -0.2) is 4.39 Å². The van der Waals surface area contributed by atoms with Gasteiger partial charge in [-0.1, -0.05) is 36.4 Å². The van der Waals surface area contributed by atoms with Crippen molar-refractivity contribution >= 4 is 16.8 Å². The van der Waals surface area contributed by atoms with Gasteiger partial charge in [-0.2, -0.15) is 0 Å². The standard InChI is InChI=1S/C26H23FN2O3/c1-29(15-17-7-11-23-24(13-17)32-16-31-23)25(30)12-9-20-21-14-19(27)8-10-22(21)28-26(20)18-5-3-2-4-6-18/h2-8,10-11,13-14,28H,9,12,15-16H2,1H3. The van der Waals surface area contributed by atoms with E-state index in [0.717, 1.165) is 39.0 Å². The highest BCUT2D eigenvalue weighted by Gasteiger charge is 2.18. The molecule has 1 amide bonds. The van der Waals surface area contributed by atoms with Crippen LogP contribution in [0.5, 0.6) is 11.5 Å². The quantitative estimate of drug-likeness (QED) is 0.452. The van der Waals surface area contributed by atoms with Crippen molar-refractivity contribution in [2.45, 2.75) is 19.4 Å². The first kappa shape index (κ1) is 20.1. The molecule has 0 saturated heterocycles. The number of carbonyl (C=O) groups excluding carboxylic acids is 1. The molecular weight excluding hydrogens is 407 g/mol. The highest BCUT2D eigenvalue weighted by molar-refractivity contribution is 5.91. The first-order valence-corrected chi connectivity index (χ1v) is 10.6. The number of H-pyrrole nitrogens is 1. The fourth-order valence-corrected chi connectivity index (χ4v) is 4.15. The Morgan fingerprint density at radius 3 is 2.69 bits per heavy atom. The molecule has 6 heteroatoms. The van der Waals surface area contributed by atoms with Crippen LogP contribution in [0.1, 0.15) is 17.5 Å². The van der Waals surface area contributed by atoms with E-state index in [0.29, 0.717) is 25.1 Å². The normalized spacial score (nSPS) is 12.3. The minimum absolute atomic E-state index is 0.0208. The Hall–Kier alpha value is -3.80. The fourth-order valence-electron chi connectivity index (χ4n) is 4.15. The molecule has 0 saturated carbocycles. The Morgan fingerprint density at radius 1 is 1.03 bits per heavy atom. The first-order chi connectivity index (χ1) is 15.6. The zero-order valence-corrected chi connectivity index (χ0v) is 17.7. The number of hydrogen-bond acceptors (Lipinski definition) is 3. The molecule has 2 heterocycles. The van der Waals surface area contributed by atoms with E-state index in [1.165, 1.54) is 12.1 Å². The van der Waals surface area contributed by atoms with E-state index in [1.807, 2.05) is 48.5 Å². The first-order valence-electron chi connectivity index (χ1n) is 10.6. The zero-order valence-electron chi connectivity index (χ0n) is 17.7. The van der Waals surface area contributed by atoms with Crippen molar-refractivity contribution in [1.29, 1.82) is 0 Å². The van der Waals surface area contributed by atoms with E-state index < -0.39 is 0 Å². The summed E-state index contributed by atoms with van der Waals surface area (Å²) in [5.74, 6) is 1.16. The third-order valence-electron chi connectivity index (χ3n) is 5.80. The lowest BCUT2D eigenvalue weighted by Gasteiger charge is -2.18. The molecule has 0 atom stereocenters. The van der Waals surface area contributed by atoms with E-state index in [-0.39, 0.29) is 18.5 Å². The molecule has 1 aromatic heterocycles. The smallest absolute Gasteiger partial charge is 0.231 e. The van der Waals surface area contributed by atoms with Gasteiger partial charge < -0.3 is 19.4 Å². The number of ether oxygens (including phenoxy) is 2. The molecule has 1 aliphatic rings. The van der Waals surface area contributed by atoms with Crippen LogP contribution >= 0.6 is 0 Å². The summed E-state index contributed by atoms with van der Waals surface area (Å²) in [6, 6.07) is 20.4. The lowest BCUT2D eigenvalue weighted by atomic mass is 10.0. The molecule has 0 bridgehead atoms. The molecule has 0 radical (unpaired) electrons. The Kier molecular flexibility index (Phi) is 5.27. The molecule has 1 aliphatic heterocycles. The number of fused-ring (bicyclic) bond motifs is 2. The van der Waals surface area contributed by atoms with Crippen LogP contribution in [-0.4, -0.2) is 29.6 Å². The van der Waals surface area contributed by atoms with Crippen molar-refractivity contribution < 1.29 is 18.7 Å². The molecule has 0 aliphatic carbocycles. The monoisotopic (exact) mass is 430 g/mol. The summed E-state index contributed by atoms with van der Waals surface area (Å²) in [5, 5.41) is 0.815. The largest absolute Gasteiger partial charge is 0.454 e. The van der Waals surface area contributed by atoms with Crippen LogP contribution in [0.15, 0.2) is 66.7 Å². The van der Waals surface area contributed by atoms with Gasteiger partial charge in [-0.15, -0.1) is 0 Å². The maximum Gasteiger partial charge on any atom is 0.231 e. The number of nitrogens with zero attached hydrogens (tertiary/aromatic N) is 1. The summed E-state index contributed by atoms with van der Waals surface area (Å²) >= 11 is 0. The predicted molar refractivity (Wildman–Crippen MR) is 121 cm³/mol. The molecule has 0 unspecified atom stereocenters. The predicted octanol–water partition coefficient (Wildman–Crippen LogP) is 5.29. The topological polar surface area (TPSA) is 54.6 Å². The average molecular weight is 430 g/mol. The summed E-state index contributed by atoms with van der Waals surface area (Å²) in [6.45, 7) is 0.700. The van der Waals surface area contributed by atoms with Crippen LogP contribution in [0.2, 0.25) is 0 Å². The Labute approximate surface area is 185 Å². The van der Waals surface area contributed by atoms with E-state index >= 15 is 0 Å². The Balaban J connectivity index is 1.35. The van der Waals surface area contributed by atoms with Gasteiger partial charge >= 0.3 is 0 Å². The molecule has 32 heavy (non-hydrogen) atoms. The van der Waals surface area contributed by atoms with Gasteiger partial charge in [0, 0.05) is 36.6 Å². The number of halogens is 1. The van der Waals surface area contributed by atoms with Crippen LogP contribution in [0.4, 0.5) is 4.39 Å². The number of amides is 1. The summed E-state index contributed by atoms with van der Waals surface area (Å²) < 4.78 is 24.8. The zero-order chi connectivity index (χ0) is 22.1. The van der Waals surface area contributed by atoms with Crippen molar-refractivity contribution in [2.75, 3.05) is 13.8 Å². The number of aryl methyl sites for hydroxylation is 1. The van der Waals surface area contributed by atoms with Gasteiger partial charge in [-0.3, -0.25) is 4.79 Å². The Morgan fingerprint density at radius 2 is 1.84 bits per heavy atom. The molecular formula is C26H23FN2O3. The summed E-state index contributed by atoms with van der Waals surface area (Å²) in [6.07, 6.45) is 0.836. The van der Waals surface area contributed by atoms with E-state index in [9.17, 15) is 9.18 Å². The van der Waals surface area contributed by atoms with Crippen molar-refractivity contribution in [1.82, 2.24) is 9.88 Å². The minimum atomic E-state index is -0.288. The molecule has 5 nitrogen and oxygen atoms in total. The van der Waals surface area contributed by atoms with Crippen LogP contribution < -0.4 is 9.47 Å². The molecule has 0 spiro atoms. The molecule has 4 aromatic rings. The number of aromatic amines is 1. The van der Waals surface area contributed by atoms with Gasteiger partial charge in [0.25, 0.3) is 0 Å². The summed E-state index contributed by atoms with van der Waals surface area (Å²) in [4.78, 5) is 18.0. The van der Waals surface area contributed by atoms with Gasteiger partial charge in [0.15, 0.2) is 11.5 Å². The van der Waals surface area contributed by atoms with E-state index in [2.05, 4.69) is 4.98 Å². The maximum absolute atomic E-state index is 14.0. The van der Waals surface area contributed by atoms with E-state index in [4.69, 9.17) is 9.47 Å². The van der Waals surface area contributed by atoms with Gasteiger partial charge in [-0.05, 0) is 53.4 Å². The summed E-state index contributed by atoms with van der Waals surface area (Å²) in [5.41, 5.74) is 4.74. The SMILES string of the molecule is CN(Cc1ccc2c(c1)OCO2)C(=O)CCc1c(-c2ccccc2)[nH]c2ccc(F)cc12. The molecule has 3 aromatic carbocycles. The number of carbonyl (C=O) groups is 1. The van der Waals surface area contributed by atoms with Crippen molar-refractivity contribution in [2.24, 2.45) is 0 Å². The van der Waals surface area contributed by atoms with Gasteiger partial charge in [0.1, 0.15) is 5.82 Å². The molecule has 162 valence electrons. The number of benzene rings is 3. The second-order valence-electron chi connectivity index (χ2n) is 7.97. The lowest BCUT2D eigenvalue weighted by molar-refractivity contribution is -0.130. The third kappa shape index (κ3) is 3.91. The van der Waals surface area contributed by atoms with E-state index in [1.54, 1.807) is 18.0 Å². The number of aromatic nitrogens is 1. The summed E-state index contributed by atoms with van der Waals surface area (Å²) in [7, 11) is 1.79.